The van der Waals surface area contributed by atoms with Crippen LogP contribution < -0.4 is 56.2 Å². The van der Waals surface area contributed by atoms with Gasteiger partial charge in [-0.2, -0.15) is 9.97 Å². The van der Waals surface area contributed by atoms with E-state index in [0.29, 0.717) is 110 Å². The van der Waals surface area contributed by atoms with Crippen molar-refractivity contribution in [3.63, 3.8) is 0 Å². The van der Waals surface area contributed by atoms with Crippen molar-refractivity contribution in [1.82, 2.24) is 34.4 Å². The maximum atomic E-state index is 12.6. The van der Waals surface area contributed by atoms with Gasteiger partial charge < -0.3 is 49.9 Å². The van der Waals surface area contributed by atoms with E-state index in [4.69, 9.17) is 24.7 Å². The van der Waals surface area contributed by atoms with Crippen LogP contribution in [0.25, 0.3) is 22.3 Å². The smallest absolute Gasteiger partial charge is 0.262 e. The minimum Gasteiger partial charge on any atom is -0.486 e. The third kappa shape index (κ3) is 10.9. The molecule has 6 aromatic rings. The average molecular weight is 944 g/mol. The summed E-state index contributed by atoms with van der Waals surface area (Å²) in [5.41, 5.74) is 10.1. The minimum atomic E-state index is -0.290. The number of pyridine rings is 2. The lowest BCUT2D eigenvalue weighted by molar-refractivity contribution is -0.121. The molecular formula is C47H49N11O11. The van der Waals surface area contributed by atoms with Gasteiger partial charge in [-0.25, -0.2) is 9.97 Å². The van der Waals surface area contributed by atoms with Gasteiger partial charge in [0.1, 0.15) is 35.4 Å². The second-order valence-electron chi connectivity index (χ2n) is 16.4. The molecule has 10 rings (SSSR count). The molecule has 0 saturated carbocycles. The molecule has 4 aliphatic rings. The van der Waals surface area contributed by atoms with Crippen LogP contribution >= 0.6 is 0 Å². The molecule has 4 N–H and O–H groups in total. The number of benzene rings is 2. The molecule has 0 spiro atoms. The Morgan fingerprint density at radius 3 is 1.99 bits per heavy atom. The number of ketones is 1. The van der Waals surface area contributed by atoms with Crippen molar-refractivity contribution in [1.29, 1.82) is 0 Å². The third-order valence-electron chi connectivity index (χ3n) is 11.7. The van der Waals surface area contributed by atoms with Crippen LogP contribution in [0.15, 0.2) is 82.6 Å². The number of aldehydes is 1. The highest BCUT2D eigenvalue weighted by atomic mass is 16.5. The Morgan fingerprint density at radius 1 is 0.754 bits per heavy atom. The average Bonchev–Trinajstić information content (AvgIpc) is 3.94. The molecule has 2 saturated heterocycles. The Balaban J connectivity index is 0.000000154. The number of rotatable bonds is 12. The lowest BCUT2D eigenvalue weighted by atomic mass is 10.0. The van der Waals surface area contributed by atoms with E-state index in [9.17, 15) is 33.6 Å². The maximum Gasteiger partial charge on any atom is 0.262 e. The van der Waals surface area contributed by atoms with Crippen LogP contribution in [0.2, 0.25) is 0 Å². The maximum absolute atomic E-state index is 12.6. The molecule has 0 unspecified atom stereocenters. The van der Waals surface area contributed by atoms with E-state index in [2.05, 4.69) is 30.6 Å². The lowest BCUT2D eigenvalue weighted by Gasteiger charge is -2.22. The summed E-state index contributed by atoms with van der Waals surface area (Å²) in [6, 6.07) is 17.0. The minimum absolute atomic E-state index is 0.00620. The van der Waals surface area contributed by atoms with E-state index in [-0.39, 0.29) is 66.2 Å². The fraction of sp³-hybridized carbons (Fsp3) is 0.340. The highest BCUT2D eigenvalue weighted by molar-refractivity contribution is 5.99. The first-order chi connectivity index (χ1) is 33.4. The molecule has 2 atom stereocenters. The van der Waals surface area contributed by atoms with E-state index >= 15 is 0 Å². The summed E-state index contributed by atoms with van der Waals surface area (Å²) >= 11 is 0. The van der Waals surface area contributed by atoms with E-state index in [1.54, 1.807) is 38.6 Å². The van der Waals surface area contributed by atoms with Crippen molar-refractivity contribution in [3.05, 3.63) is 99.3 Å². The molecule has 0 radical (unpaired) electrons. The number of nitrogens with one attached hydrogen (secondary N) is 2. The van der Waals surface area contributed by atoms with Crippen LogP contribution in [0.3, 0.4) is 0 Å². The Hall–Kier alpha value is -8.11. The first-order valence-corrected chi connectivity index (χ1v) is 22.1. The number of fused-ring (bicyclic) bond motifs is 4. The quantitative estimate of drug-likeness (QED) is 0.115. The van der Waals surface area contributed by atoms with Crippen LogP contribution in [0.4, 0.5) is 17.1 Å². The van der Waals surface area contributed by atoms with Crippen molar-refractivity contribution in [2.45, 2.75) is 32.4 Å². The summed E-state index contributed by atoms with van der Waals surface area (Å²) in [5.74, 6) is 2.31. The third-order valence-corrected chi connectivity index (χ3v) is 11.7. The summed E-state index contributed by atoms with van der Waals surface area (Å²) in [7, 11) is 2.96. The van der Waals surface area contributed by atoms with Gasteiger partial charge in [-0.1, -0.05) is 0 Å². The summed E-state index contributed by atoms with van der Waals surface area (Å²) in [4.78, 5) is 102. The predicted octanol–water partition coefficient (Wildman–Crippen LogP) is 1.27. The molecule has 0 aliphatic carbocycles. The Labute approximate surface area is 393 Å². The number of carbonyl (C=O) groups is 5. The number of Topliss-reactive ketones (excluding diaryl/α,β-unsaturated/α-hetero) is 1. The summed E-state index contributed by atoms with van der Waals surface area (Å²) in [6.07, 6.45) is 4.92. The number of hydrogen-bond donors (Lipinski definition) is 3. The SMILES string of the molecule is COc1cnc2ccc(=O)n(CC=O)c2n1.COc1cnc2ccc(=O)n(CCNC[C@H]3CC(=O)N(c4ccc5c(c4)NC(=O)CO5)C3)c2n1.NC[C@H]1CC(=O)N(c2ccc3c(c2)CC(=O)CO3)C1. The van der Waals surface area contributed by atoms with E-state index in [1.165, 1.54) is 43.3 Å². The second-order valence-corrected chi connectivity index (χ2v) is 16.4. The zero-order valence-corrected chi connectivity index (χ0v) is 37.8. The number of methoxy groups -OCH3 is 2. The van der Waals surface area contributed by atoms with Crippen molar-refractivity contribution in [2.24, 2.45) is 17.6 Å². The number of carbonyl (C=O) groups excluding carboxylic acids is 5. The van der Waals surface area contributed by atoms with Gasteiger partial charge in [-0.3, -0.25) is 37.9 Å². The summed E-state index contributed by atoms with van der Waals surface area (Å²) in [6.45, 7) is 3.41. The molecule has 358 valence electrons. The van der Waals surface area contributed by atoms with Gasteiger partial charge in [0.05, 0.1) is 38.8 Å². The first kappa shape index (κ1) is 47.4. The molecule has 69 heavy (non-hydrogen) atoms. The second kappa shape index (κ2) is 21.2. The van der Waals surface area contributed by atoms with Crippen molar-refractivity contribution < 1.29 is 42.9 Å². The van der Waals surface area contributed by atoms with E-state index in [0.717, 1.165) is 22.7 Å². The molecule has 3 amide bonds. The molecule has 4 aliphatic heterocycles. The fourth-order valence-corrected chi connectivity index (χ4v) is 8.26. The Bertz CT molecular complexity index is 3070. The van der Waals surface area contributed by atoms with Crippen LogP contribution in [0.1, 0.15) is 18.4 Å². The summed E-state index contributed by atoms with van der Waals surface area (Å²) < 4.78 is 23.6. The summed E-state index contributed by atoms with van der Waals surface area (Å²) in [5, 5.41) is 6.12. The predicted molar refractivity (Wildman–Crippen MR) is 251 cm³/mol. The van der Waals surface area contributed by atoms with Crippen molar-refractivity contribution in [3.8, 4) is 23.3 Å². The van der Waals surface area contributed by atoms with Crippen LogP contribution in [-0.4, -0.2) is 119 Å². The zero-order valence-electron chi connectivity index (χ0n) is 37.8. The van der Waals surface area contributed by atoms with Crippen LogP contribution in [-0.2, 0) is 43.5 Å². The van der Waals surface area contributed by atoms with Gasteiger partial charge in [-0.05, 0) is 66.9 Å². The molecular weight excluding hydrogens is 895 g/mol. The highest BCUT2D eigenvalue weighted by Gasteiger charge is 2.32. The van der Waals surface area contributed by atoms with Crippen LogP contribution in [0, 0.1) is 11.8 Å². The zero-order chi connectivity index (χ0) is 48.6. The van der Waals surface area contributed by atoms with Gasteiger partial charge in [0.25, 0.3) is 17.0 Å². The monoisotopic (exact) mass is 943 g/mol. The van der Waals surface area contributed by atoms with Gasteiger partial charge in [0.15, 0.2) is 23.7 Å². The standard InChI is InChI=1S/C23H24N6O5.C14H16N2O3.C10H9N3O3/c1-33-20-11-25-16-3-5-21(31)28(23(16)27-20)7-6-24-10-14-8-22(32)29(12-14)15-2-4-18-17(9-15)26-19(30)13-34-18;15-6-9-3-14(18)16(7-9)11-1-2-13-10(4-11)5-12(17)8-19-13;1-16-8-6-11-7-2-3-9(15)13(4-5-14)10(7)12-8/h2-5,9,11,14,24H,6-8,10,12-13H2,1H3,(H,26,30);1-2,4,9H,3,5-8,15H2;2-3,5-6H,4H2,1H3/t14-;9-;/m11./s1. The van der Waals surface area contributed by atoms with Gasteiger partial charge in [0, 0.05) is 81.1 Å². The number of nitrogens with zero attached hydrogens (tertiary/aromatic N) is 8. The first-order valence-electron chi connectivity index (χ1n) is 22.1. The number of amides is 3. The molecule has 8 heterocycles. The topological polar surface area (TPSA) is 274 Å². The molecule has 2 aromatic carbocycles. The molecule has 22 heteroatoms. The molecule has 2 fully saturated rings. The number of hydrogen-bond acceptors (Lipinski definition) is 17. The Morgan fingerprint density at radius 2 is 1.35 bits per heavy atom. The van der Waals surface area contributed by atoms with Crippen LogP contribution in [0.5, 0.6) is 23.3 Å². The lowest BCUT2D eigenvalue weighted by Crippen LogP contribution is -2.31. The number of ether oxygens (including phenoxy) is 4. The Kier molecular flexibility index (Phi) is 14.6. The number of aromatic nitrogens is 6. The largest absolute Gasteiger partial charge is 0.486 e. The van der Waals surface area contributed by atoms with Gasteiger partial charge >= 0.3 is 0 Å². The van der Waals surface area contributed by atoms with E-state index < -0.39 is 0 Å². The molecule has 22 nitrogen and oxygen atoms in total. The number of nitrogens with two attached hydrogens (primary N) is 1. The normalized spacial score (nSPS) is 17.1. The van der Waals surface area contributed by atoms with Gasteiger partial charge in [-0.15, -0.1) is 0 Å². The number of anilines is 3. The van der Waals surface area contributed by atoms with Crippen molar-refractivity contribution in [2.75, 3.05) is 75.3 Å². The highest BCUT2D eigenvalue weighted by Crippen LogP contribution is 2.35. The van der Waals surface area contributed by atoms with Crippen molar-refractivity contribution >= 4 is 69.2 Å². The fourth-order valence-electron chi connectivity index (χ4n) is 8.26. The molecule has 4 aromatic heterocycles. The molecule has 0 bridgehead atoms. The van der Waals surface area contributed by atoms with Gasteiger partial charge in [0.2, 0.25) is 23.6 Å². The van der Waals surface area contributed by atoms with E-state index in [1.807, 2.05) is 24.3 Å².